The Bertz CT molecular complexity index is 542. The molecule has 1 aliphatic heterocycles. The lowest BCUT2D eigenvalue weighted by atomic mass is 10.3. The number of nitrogens with zero attached hydrogens (tertiary/aromatic N) is 2. The predicted molar refractivity (Wildman–Crippen MR) is 67.7 cm³/mol. The monoisotopic (exact) mass is 292 g/mol. The topological polar surface area (TPSA) is 40.6 Å². The van der Waals surface area contributed by atoms with Gasteiger partial charge < -0.3 is 4.90 Å². The van der Waals surface area contributed by atoms with Crippen molar-refractivity contribution in [2.45, 2.75) is 4.90 Å². The second-order valence-electron chi connectivity index (χ2n) is 4.28. The molecule has 2 rings (SSSR count). The average molecular weight is 293 g/mol. The van der Waals surface area contributed by atoms with Gasteiger partial charge in [0.25, 0.3) is 0 Å². The van der Waals surface area contributed by atoms with Crippen LogP contribution in [0.15, 0.2) is 23.1 Å². The summed E-state index contributed by atoms with van der Waals surface area (Å²) < 4.78 is 39.0. The number of benzene rings is 1. The smallest absolute Gasteiger partial charge is 0.243 e. The molecule has 1 heterocycles. The first-order valence-electron chi connectivity index (χ1n) is 5.55. The summed E-state index contributed by atoms with van der Waals surface area (Å²) in [5.74, 6) is -0.617. The minimum atomic E-state index is -3.57. The average Bonchev–Trinajstić information content (AvgIpc) is 2.33. The fourth-order valence-corrected chi connectivity index (χ4v) is 3.51. The predicted octanol–water partition coefficient (Wildman–Crippen LogP) is 1.42. The maximum Gasteiger partial charge on any atom is 0.243 e. The van der Waals surface area contributed by atoms with Crippen LogP contribution in [0.5, 0.6) is 0 Å². The molecule has 1 fully saturated rings. The standard InChI is InChI=1S/C11H14ClFN2O2S/c1-14-4-6-15(7-5-14)18(16,17)9-2-3-11(13)10(12)8-9/h2-3,8H,4-7H2,1H3. The summed E-state index contributed by atoms with van der Waals surface area (Å²) in [6.45, 7) is 2.25. The van der Waals surface area contributed by atoms with E-state index in [1.54, 1.807) is 0 Å². The second-order valence-corrected chi connectivity index (χ2v) is 6.63. The molecule has 0 unspecified atom stereocenters. The zero-order chi connectivity index (χ0) is 13.3. The number of rotatable bonds is 2. The fraction of sp³-hybridized carbons (Fsp3) is 0.455. The normalized spacial score (nSPS) is 19.1. The summed E-state index contributed by atoms with van der Waals surface area (Å²) >= 11 is 5.62. The molecule has 4 nitrogen and oxygen atoms in total. The van der Waals surface area contributed by atoms with Crippen molar-refractivity contribution >= 4 is 21.6 Å². The van der Waals surface area contributed by atoms with Crippen LogP contribution in [0, 0.1) is 5.82 Å². The molecule has 0 aromatic heterocycles. The highest BCUT2D eigenvalue weighted by atomic mass is 35.5. The molecule has 18 heavy (non-hydrogen) atoms. The number of piperazine rings is 1. The lowest BCUT2D eigenvalue weighted by Gasteiger charge is -2.31. The number of hydrogen-bond donors (Lipinski definition) is 0. The molecule has 1 aliphatic rings. The highest BCUT2D eigenvalue weighted by Crippen LogP contribution is 2.22. The van der Waals surface area contributed by atoms with Gasteiger partial charge in [-0.1, -0.05) is 11.6 Å². The van der Waals surface area contributed by atoms with Crippen LogP contribution >= 0.6 is 11.6 Å². The summed E-state index contributed by atoms with van der Waals surface area (Å²) in [4.78, 5) is 2.10. The largest absolute Gasteiger partial charge is 0.304 e. The molecule has 0 N–H and O–H groups in total. The number of hydrogen-bond acceptors (Lipinski definition) is 3. The van der Waals surface area contributed by atoms with E-state index in [2.05, 4.69) is 4.90 Å². The molecule has 1 aromatic rings. The van der Waals surface area contributed by atoms with Crippen molar-refractivity contribution in [1.82, 2.24) is 9.21 Å². The van der Waals surface area contributed by atoms with Gasteiger partial charge in [0, 0.05) is 26.2 Å². The highest BCUT2D eigenvalue weighted by molar-refractivity contribution is 7.89. The van der Waals surface area contributed by atoms with Crippen LogP contribution < -0.4 is 0 Å². The molecular weight excluding hydrogens is 279 g/mol. The Kier molecular flexibility index (Phi) is 3.91. The Morgan fingerprint density at radius 2 is 1.83 bits per heavy atom. The van der Waals surface area contributed by atoms with Crippen molar-refractivity contribution in [3.05, 3.63) is 29.0 Å². The van der Waals surface area contributed by atoms with Gasteiger partial charge in [-0.3, -0.25) is 0 Å². The summed E-state index contributed by atoms with van der Waals surface area (Å²) in [5.41, 5.74) is 0. The summed E-state index contributed by atoms with van der Waals surface area (Å²) in [5, 5.41) is -0.176. The first kappa shape index (κ1) is 13.7. The van der Waals surface area contributed by atoms with E-state index in [9.17, 15) is 12.8 Å². The van der Waals surface area contributed by atoms with Gasteiger partial charge >= 0.3 is 0 Å². The number of likely N-dealkylation sites (N-methyl/N-ethyl adjacent to an activating group) is 1. The Morgan fingerprint density at radius 1 is 1.22 bits per heavy atom. The van der Waals surface area contributed by atoms with Crippen molar-refractivity contribution in [2.24, 2.45) is 0 Å². The molecular formula is C11H14ClFN2O2S. The van der Waals surface area contributed by atoms with Crippen molar-refractivity contribution in [2.75, 3.05) is 33.2 Å². The quantitative estimate of drug-likeness (QED) is 0.828. The molecule has 0 spiro atoms. The zero-order valence-electron chi connectivity index (χ0n) is 9.94. The molecule has 1 saturated heterocycles. The van der Waals surface area contributed by atoms with E-state index in [0.717, 1.165) is 12.1 Å². The minimum absolute atomic E-state index is 0.0402. The molecule has 0 saturated carbocycles. The van der Waals surface area contributed by atoms with Crippen LogP contribution in [0.25, 0.3) is 0 Å². The SMILES string of the molecule is CN1CCN(S(=O)(=O)c2ccc(F)c(Cl)c2)CC1. The van der Waals surface area contributed by atoms with E-state index in [1.165, 1.54) is 10.4 Å². The molecule has 0 atom stereocenters. The molecule has 1 aromatic carbocycles. The van der Waals surface area contributed by atoms with E-state index in [1.807, 2.05) is 7.05 Å². The summed E-state index contributed by atoms with van der Waals surface area (Å²) in [6, 6.07) is 3.48. The Hall–Kier alpha value is -0.690. The van der Waals surface area contributed by atoms with Crippen LogP contribution in [0.1, 0.15) is 0 Å². The van der Waals surface area contributed by atoms with Crippen molar-refractivity contribution < 1.29 is 12.8 Å². The molecule has 0 bridgehead atoms. The van der Waals surface area contributed by atoms with Gasteiger partial charge in [0.1, 0.15) is 5.82 Å². The lowest BCUT2D eigenvalue weighted by Crippen LogP contribution is -2.47. The first-order valence-corrected chi connectivity index (χ1v) is 7.37. The van der Waals surface area contributed by atoms with Gasteiger partial charge in [0.15, 0.2) is 0 Å². The Morgan fingerprint density at radius 3 is 2.39 bits per heavy atom. The van der Waals surface area contributed by atoms with Gasteiger partial charge in [-0.05, 0) is 25.2 Å². The van der Waals surface area contributed by atoms with Crippen molar-refractivity contribution in [3.63, 3.8) is 0 Å². The minimum Gasteiger partial charge on any atom is -0.304 e. The lowest BCUT2D eigenvalue weighted by molar-refractivity contribution is 0.222. The third kappa shape index (κ3) is 2.66. The Labute approximate surface area is 111 Å². The zero-order valence-corrected chi connectivity index (χ0v) is 11.5. The van der Waals surface area contributed by atoms with Gasteiger partial charge in [-0.15, -0.1) is 0 Å². The summed E-state index contributed by atoms with van der Waals surface area (Å²) in [7, 11) is -1.63. The van der Waals surface area contributed by atoms with Crippen LogP contribution in [0.2, 0.25) is 5.02 Å². The van der Waals surface area contributed by atoms with Gasteiger partial charge in [0.05, 0.1) is 9.92 Å². The van der Waals surface area contributed by atoms with Gasteiger partial charge in [-0.2, -0.15) is 4.31 Å². The van der Waals surface area contributed by atoms with E-state index in [4.69, 9.17) is 11.6 Å². The fourth-order valence-electron chi connectivity index (χ4n) is 1.81. The third-order valence-corrected chi connectivity index (χ3v) is 5.18. The van der Waals surface area contributed by atoms with Crippen LogP contribution in [0.3, 0.4) is 0 Å². The molecule has 0 amide bonds. The maximum absolute atomic E-state index is 13.0. The Balaban J connectivity index is 2.27. The van der Waals surface area contributed by atoms with E-state index in [-0.39, 0.29) is 9.92 Å². The van der Waals surface area contributed by atoms with Crippen molar-refractivity contribution in [3.8, 4) is 0 Å². The molecule has 7 heteroatoms. The number of halogens is 2. The number of sulfonamides is 1. The molecule has 100 valence electrons. The second kappa shape index (κ2) is 5.13. The van der Waals surface area contributed by atoms with Crippen LogP contribution in [-0.4, -0.2) is 50.8 Å². The van der Waals surface area contributed by atoms with Gasteiger partial charge in [-0.25, -0.2) is 12.8 Å². The molecule has 0 aliphatic carbocycles. The highest BCUT2D eigenvalue weighted by Gasteiger charge is 2.27. The first-order chi connectivity index (χ1) is 8.41. The van der Waals surface area contributed by atoms with Crippen LogP contribution in [0.4, 0.5) is 4.39 Å². The summed E-state index contributed by atoms with van der Waals surface area (Å²) in [6.07, 6.45) is 0. The van der Waals surface area contributed by atoms with Crippen LogP contribution in [-0.2, 0) is 10.0 Å². The third-order valence-electron chi connectivity index (χ3n) is 2.99. The van der Waals surface area contributed by atoms with E-state index in [0.29, 0.717) is 26.2 Å². The van der Waals surface area contributed by atoms with E-state index < -0.39 is 15.8 Å². The van der Waals surface area contributed by atoms with E-state index >= 15 is 0 Å². The van der Waals surface area contributed by atoms with Crippen molar-refractivity contribution in [1.29, 1.82) is 0 Å². The maximum atomic E-state index is 13.0. The van der Waals surface area contributed by atoms with Gasteiger partial charge in [0.2, 0.25) is 10.0 Å². The molecule has 0 radical (unpaired) electrons.